The van der Waals surface area contributed by atoms with Gasteiger partial charge in [-0.1, -0.05) is 30.0 Å². The van der Waals surface area contributed by atoms with E-state index in [9.17, 15) is 23.3 Å². The fourth-order valence-corrected chi connectivity index (χ4v) is 3.24. The Labute approximate surface area is 161 Å². The van der Waals surface area contributed by atoms with Crippen LogP contribution in [0.2, 0.25) is 0 Å². The highest BCUT2D eigenvalue weighted by molar-refractivity contribution is 7.99. The molecule has 28 heavy (non-hydrogen) atoms. The first-order valence-electron chi connectivity index (χ1n) is 7.81. The Morgan fingerprint density at radius 2 is 1.96 bits per heavy atom. The Balaban J connectivity index is 2.19. The Morgan fingerprint density at radius 3 is 2.64 bits per heavy atom. The highest BCUT2D eigenvalue weighted by Gasteiger charge is 2.31. The minimum atomic E-state index is -4.53. The maximum atomic E-state index is 13.1. The van der Waals surface area contributed by atoms with Gasteiger partial charge in [-0.3, -0.25) is 14.7 Å². The molecule has 0 unspecified atom stereocenters. The monoisotopic (exact) mass is 404 g/mol. The fourth-order valence-electron chi connectivity index (χ4n) is 2.59. The Kier molecular flexibility index (Phi) is 5.37. The normalized spacial score (nSPS) is 11.2. The van der Waals surface area contributed by atoms with E-state index in [0.29, 0.717) is 16.4 Å². The summed E-state index contributed by atoms with van der Waals surface area (Å²) in [5, 5.41) is 20.2. The first-order chi connectivity index (χ1) is 13.3. The molecule has 6 nitrogen and oxygen atoms in total. The van der Waals surface area contributed by atoms with Crippen LogP contribution < -0.4 is 0 Å². The van der Waals surface area contributed by atoms with E-state index in [1.165, 1.54) is 41.1 Å². The first-order valence-corrected chi connectivity index (χ1v) is 8.80. The summed E-state index contributed by atoms with van der Waals surface area (Å²) in [4.78, 5) is 14.7. The van der Waals surface area contributed by atoms with E-state index in [4.69, 9.17) is 5.26 Å². The van der Waals surface area contributed by atoms with Crippen molar-refractivity contribution >= 4 is 17.4 Å². The first kappa shape index (κ1) is 19.4. The lowest BCUT2D eigenvalue weighted by Gasteiger charge is -2.14. The average molecular weight is 404 g/mol. The van der Waals surface area contributed by atoms with Crippen LogP contribution in [0.1, 0.15) is 5.56 Å². The van der Waals surface area contributed by atoms with Gasteiger partial charge in [0.05, 0.1) is 34.2 Å². The summed E-state index contributed by atoms with van der Waals surface area (Å²) >= 11 is 1.06. The summed E-state index contributed by atoms with van der Waals surface area (Å²) in [6.07, 6.45) is -3.11. The van der Waals surface area contributed by atoms with Gasteiger partial charge in [-0.25, -0.2) is 4.98 Å². The summed E-state index contributed by atoms with van der Waals surface area (Å²) in [7, 11) is 0. The molecule has 0 aliphatic rings. The van der Waals surface area contributed by atoms with Gasteiger partial charge in [-0.05, 0) is 18.2 Å². The number of nitriles is 1. The number of benzene rings is 2. The van der Waals surface area contributed by atoms with Gasteiger partial charge in [0, 0.05) is 23.4 Å². The van der Waals surface area contributed by atoms with Crippen molar-refractivity contribution in [1.29, 1.82) is 5.26 Å². The molecular formula is C18H11F3N4O2S. The molecule has 3 aromatic rings. The summed E-state index contributed by atoms with van der Waals surface area (Å²) in [5.41, 5.74) is 0.00102. The van der Waals surface area contributed by atoms with E-state index >= 15 is 0 Å². The number of hydrogen-bond acceptors (Lipinski definition) is 5. The molecule has 0 aliphatic heterocycles. The third-order valence-electron chi connectivity index (χ3n) is 3.78. The number of imidazole rings is 1. The van der Waals surface area contributed by atoms with Crippen LogP contribution in [0.4, 0.5) is 18.9 Å². The Hall–Kier alpha value is -3.32. The molecule has 1 heterocycles. The second kappa shape index (κ2) is 7.74. The zero-order valence-electron chi connectivity index (χ0n) is 14.1. The van der Waals surface area contributed by atoms with E-state index in [-0.39, 0.29) is 17.1 Å². The molecule has 0 amide bonds. The van der Waals surface area contributed by atoms with Crippen molar-refractivity contribution < 1.29 is 18.1 Å². The fraction of sp³-hybridized carbons (Fsp3) is 0.111. The van der Waals surface area contributed by atoms with Crippen LogP contribution in [-0.2, 0) is 6.18 Å². The molecule has 0 saturated heterocycles. The van der Waals surface area contributed by atoms with Gasteiger partial charge in [0.1, 0.15) is 0 Å². The summed E-state index contributed by atoms with van der Waals surface area (Å²) in [6, 6.07) is 12.3. The molecule has 0 atom stereocenters. The van der Waals surface area contributed by atoms with Gasteiger partial charge >= 0.3 is 6.18 Å². The second-order valence-corrected chi connectivity index (χ2v) is 6.51. The topological polar surface area (TPSA) is 84.8 Å². The Bertz CT molecular complexity index is 1070. The van der Waals surface area contributed by atoms with Crippen LogP contribution >= 0.6 is 11.8 Å². The van der Waals surface area contributed by atoms with E-state index in [0.717, 1.165) is 23.9 Å². The lowest BCUT2D eigenvalue weighted by Crippen LogP contribution is -2.07. The number of non-ortho nitro benzene ring substituents is 1. The third kappa shape index (κ3) is 3.99. The van der Waals surface area contributed by atoms with Crippen molar-refractivity contribution in [2.45, 2.75) is 11.3 Å². The van der Waals surface area contributed by atoms with Crippen molar-refractivity contribution in [3.63, 3.8) is 0 Å². The highest BCUT2D eigenvalue weighted by Crippen LogP contribution is 2.34. The quantitative estimate of drug-likeness (QED) is 0.336. The second-order valence-electron chi connectivity index (χ2n) is 5.56. The number of halogens is 3. The highest BCUT2D eigenvalue weighted by atomic mass is 32.2. The summed E-state index contributed by atoms with van der Waals surface area (Å²) < 4.78 is 40.8. The number of hydrogen-bond donors (Lipinski definition) is 0. The molecule has 0 fully saturated rings. The predicted molar refractivity (Wildman–Crippen MR) is 97.0 cm³/mol. The minimum Gasteiger partial charge on any atom is -0.287 e. The number of rotatable bonds is 5. The molecule has 0 aliphatic carbocycles. The van der Waals surface area contributed by atoms with Gasteiger partial charge in [-0.2, -0.15) is 18.4 Å². The number of nitrogens with zero attached hydrogens (tertiary/aromatic N) is 4. The molecular weight excluding hydrogens is 393 g/mol. The molecule has 0 spiro atoms. The zero-order chi connectivity index (χ0) is 20.3. The van der Waals surface area contributed by atoms with Crippen molar-refractivity contribution in [1.82, 2.24) is 9.55 Å². The van der Waals surface area contributed by atoms with Crippen LogP contribution in [0.3, 0.4) is 0 Å². The van der Waals surface area contributed by atoms with E-state index in [1.54, 1.807) is 6.07 Å². The molecule has 142 valence electrons. The van der Waals surface area contributed by atoms with Crippen molar-refractivity contribution in [2.24, 2.45) is 0 Å². The van der Waals surface area contributed by atoms with Gasteiger partial charge in [0.25, 0.3) is 5.69 Å². The van der Waals surface area contributed by atoms with Crippen LogP contribution in [0, 0.1) is 21.4 Å². The van der Waals surface area contributed by atoms with Gasteiger partial charge in [0.15, 0.2) is 5.16 Å². The maximum absolute atomic E-state index is 13.1. The third-order valence-corrected chi connectivity index (χ3v) is 4.60. The molecule has 10 heteroatoms. The molecule has 0 N–H and O–H groups in total. The van der Waals surface area contributed by atoms with Crippen molar-refractivity contribution in [3.8, 4) is 23.0 Å². The minimum absolute atomic E-state index is 0.0460. The maximum Gasteiger partial charge on any atom is 0.416 e. The smallest absolute Gasteiger partial charge is 0.287 e. The molecule has 0 saturated carbocycles. The van der Waals surface area contributed by atoms with Gasteiger partial charge in [-0.15, -0.1) is 0 Å². The van der Waals surface area contributed by atoms with Gasteiger partial charge < -0.3 is 0 Å². The van der Waals surface area contributed by atoms with Crippen LogP contribution in [0.25, 0.3) is 16.9 Å². The lowest BCUT2D eigenvalue weighted by molar-refractivity contribution is -0.384. The van der Waals surface area contributed by atoms with Crippen molar-refractivity contribution in [2.75, 3.05) is 5.75 Å². The number of nitro benzene ring substituents is 1. The average Bonchev–Trinajstić information content (AvgIpc) is 3.09. The van der Waals surface area contributed by atoms with E-state index in [2.05, 4.69) is 4.98 Å². The molecule has 1 aromatic heterocycles. The van der Waals surface area contributed by atoms with Crippen LogP contribution in [0.15, 0.2) is 59.9 Å². The predicted octanol–water partition coefficient (Wildman–Crippen LogP) is 5.08. The van der Waals surface area contributed by atoms with Crippen LogP contribution in [0.5, 0.6) is 0 Å². The number of thioether (sulfide) groups is 1. The SMILES string of the molecule is N#CCSc1ncc(-c2cccc([N+](=O)[O-])c2)n1-c1cccc(C(F)(F)F)c1. The molecule has 2 aromatic carbocycles. The number of nitro groups is 1. The number of alkyl halides is 3. The number of aromatic nitrogens is 2. The summed E-state index contributed by atoms with van der Waals surface area (Å²) in [6.45, 7) is 0. The van der Waals surface area contributed by atoms with Crippen LogP contribution in [-0.4, -0.2) is 20.2 Å². The molecule has 3 rings (SSSR count). The van der Waals surface area contributed by atoms with Crippen molar-refractivity contribution in [3.05, 3.63) is 70.4 Å². The molecule has 0 bridgehead atoms. The van der Waals surface area contributed by atoms with E-state index in [1.807, 2.05) is 6.07 Å². The standard InChI is InChI=1S/C18H11F3N4O2S/c19-18(20,21)13-4-2-5-14(10-13)24-16(11-23-17(24)28-8-7-22)12-3-1-6-15(9-12)25(26)27/h1-6,9-11H,8H2. The molecule has 0 radical (unpaired) electrons. The van der Waals surface area contributed by atoms with Gasteiger partial charge in [0.2, 0.25) is 0 Å². The summed E-state index contributed by atoms with van der Waals surface area (Å²) in [5.74, 6) is 0.0460. The zero-order valence-corrected chi connectivity index (χ0v) is 14.9. The largest absolute Gasteiger partial charge is 0.416 e. The van der Waals surface area contributed by atoms with E-state index < -0.39 is 16.7 Å². The lowest BCUT2D eigenvalue weighted by atomic mass is 10.1. The Morgan fingerprint density at radius 1 is 1.21 bits per heavy atom.